The van der Waals surface area contributed by atoms with Crippen LogP contribution in [-0.2, 0) is 6.54 Å². The topological polar surface area (TPSA) is 60.0 Å². The van der Waals surface area contributed by atoms with Crippen LogP contribution >= 0.6 is 0 Å². The summed E-state index contributed by atoms with van der Waals surface area (Å²) in [5.41, 5.74) is 7.90. The Morgan fingerprint density at radius 3 is 2.57 bits per heavy atom. The zero-order chi connectivity index (χ0) is 15.4. The lowest BCUT2D eigenvalue weighted by Crippen LogP contribution is -2.39. The van der Waals surface area contributed by atoms with Gasteiger partial charge < -0.3 is 10.3 Å². The molecule has 2 heterocycles. The molecule has 0 amide bonds. The molecule has 2 aromatic heterocycles. The van der Waals surface area contributed by atoms with Crippen molar-refractivity contribution in [3.05, 3.63) is 30.9 Å². The Morgan fingerprint density at radius 1 is 1.24 bits per heavy atom. The van der Waals surface area contributed by atoms with Crippen LogP contribution in [0.1, 0.15) is 27.7 Å². The highest BCUT2D eigenvalue weighted by Crippen LogP contribution is 2.20. The molecular weight excluding hydrogens is 262 g/mol. The van der Waals surface area contributed by atoms with Crippen LogP contribution in [0, 0.1) is 0 Å². The first-order valence-corrected chi connectivity index (χ1v) is 7.46. The molecule has 114 valence electrons. The van der Waals surface area contributed by atoms with E-state index in [1.54, 1.807) is 6.20 Å². The van der Waals surface area contributed by atoms with Crippen LogP contribution in [0.15, 0.2) is 30.9 Å². The largest absolute Gasteiger partial charge is 0.384 e. The Bertz CT molecular complexity index is 566. The van der Waals surface area contributed by atoms with Gasteiger partial charge in [-0.15, -0.1) is 0 Å². The fourth-order valence-electron chi connectivity index (χ4n) is 2.68. The second-order valence-electron chi connectivity index (χ2n) is 5.87. The van der Waals surface area contributed by atoms with E-state index < -0.39 is 0 Å². The lowest BCUT2D eigenvalue weighted by atomic mass is 10.2. The van der Waals surface area contributed by atoms with Crippen LogP contribution in [-0.4, -0.2) is 38.1 Å². The van der Waals surface area contributed by atoms with E-state index in [1.807, 2.05) is 24.7 Å². The molecule has 0 aliphatic rings. The number of anilines is 1. The number of nitrogen functional groups attached to an aromatic ring is 1. The van der Waals surface area contributed by atoms with E-state index in [4.69, 9.17) is 5.73 Å². The van der Waals surface area contributed by atoms with Crippen molar-refractivity contribution < 1.29 is 0 Å². The molecule has 0 aliphatic carbocycles. The molecule has 2 aromatic rings. The van der Waals surface area contributed by atoms with Gasteiger partial charge in [-0.1, -0.05) is 0 Å². The molecule has 0 bridgehead atoms. The molecule has 0 aromatic carbocycles. The van der Waals surface area contributed by atoms with E-state index in [0.717, 1.165) is 24.3 Å². The van der Waals surface area contributed by atoms with Crippen molar-refractivity contribution in [2.24, 2.45) is 0 Å². The van der Waals surface area contributed by atoms with E-state index in [-0.39, 0.29) is 0 Å². The highest BCUT2D eigenvalue weighted by Gasteiger charge is 2.14. The molecule has 5 nitrogen and oxygen atoms in total. The van der Waals surface area contributed by atoms with E-state index >= 15 is 0 Å². The maximum Gasteiger partial charge on any atom is 0.123 e. The number of imidazole rings is 1. The monoisotopic (exact) mass is 287 g/mol. The van der Waals surface area contributed by atoms with Crippen LogP contribution in [0.2, 0.25) is 0 Å². The van der Waals surface area contributed by atoms with Crippen molar-refractivity contribution in [3.8, 4) is 11.3 Å². The molecule has 0 fully saturated rings. The van der Waals surface area contributed by atoms with Gasteiger partial charge in [-0.05, 0) is 39.8 Å². The third-order valence-corrected chi connectivity index (χ3v) is 3.71. The predicted octanol–water partition coefficient (Wildman–Crippen LogP) is 2.65. The van der Waals surface area contributed by atoms with Crippen molar-refractivity contribution in [3.63, 3.8) is 0 Å². The summed E-state index contributed by atoms with van der Waals surface area (Å²) in [6.45, 7) is 10.8. The summed E-state index contributed by atoms with van der Waals surface area (Å²) in [5, 5.41) is 0. The van der Waals surface area contributed by atoms with Crippen molar-refractivity contribution in [2.45, 2.75) is 46.3 Å². The average Bonchev–Trinajstić information content (AvgIpc) is 2.86. The van der Waals surface area contributed by atoms with Crippen LogP contribution in [0.5, 0.6) is 0 Å². The first kappa shape index (κ1) is 15.5. The van der Waals surface area contributed by atoms with Gasteiger partial charge in [-0.25, -0.2) is 9.97 Å². The third kappa shape index (κ3) is 3.82. The smallest absolute Gasteiger partial charge is 0.123 e. The van der Waals surface area contributed by atoms with Gasteiger partial charge in [0.15, 0.2) is 0 Å². The van der Waals surface area contributed by atoms with Crippen molar-refractivity contribution in [1.29, 1.82) is 0 Å². The zero-order valence-corrected chi connectivity index (χ0v) is 13.3. The molecule has 2 rings (SSSR count). The Hall–Kier alpha value is -1.88. The average molecular weight is 287 g/mol. The molecule has 0 spiro atoms. The molecule has 5 heteroatoms. The third-order valence-electron chi connectivity index (χ3n) is 3.71. The van der Waals surface area contributed by atoms with Gasteiger partial charge in [0, 0.05) is 36.9 Å². The lowest BCUT2D eigenvalue weighted by Gasteiger charge is -2.30. The Labute approximate surface area is 126 Å². The van der Waals surface area contributed by atoms with Crippen molar-refractivity contribution in [1.82, 2.24) is 19.4 Å². The number of hydrogen-bond donors (Lipinski definition) is 1. The van der Waals surface area contributed by atoms with E-state index in [0.29, 0.717) is 17.9 Å². The van der Waals surface area contributed by atoms with Crippen molar-refractivity contribution >= 4 is 5.82 Å². The normalized spacial score (nSPS) is 11.8. The van der Waals surface area contributed by atoms with Gasteiger partial charge in [0.25, 0.3) is 0 Å². The highest BCUT2D eigenvalue weighted by molar-refractivity contribution is 5.61. The fourth-order valence-corrected chi connectivity index (χ4v) is 2.68. The summed E-state index contributed by atoms with van der Waals surface area (Å²) >= 11 is 0. The lowest BCUT2D eigenvalue weighted by molar-refractivity contribution is 0.168. The van der Waals surface area contributed by atoms with Gasteiger partial charge in [0.05, 0.1) is 18.2 Å². The Balaban J connectivity index is 2.14. The van der Waals surface area contributed by atoms with Crippen LogP contribution in [0.4, 0.5) is 5.82 Å². The first-order valence-electron chi connectivity index (χ1n) is 7.46. The van der Waals surface area contributed by atoms with Gasteiger partial charge in [-0.3, -0.25) is 4.90 Å². The van der Waals surface area contributed by atoms with E-state index in [9.17, 15) is 0 Å². The zero-order valence-electron chi connectivity index (χ0n) is 13.3. The number of pyridine rings is 1. The van der Waals surface area contributed by atoms with Gasteiger partial charge >= 0.3 is 0 Å². The molecule has 0 saturated heterocycles. The van der Waals surface area contributed by atoms with Gasteiger partial charge in [0.2, 0.25) is 0 Å². The van der Waals surface area contributed by atoms with Gasteiger partial charge in [-0.2, -0.15) is 0 Å². The van der Waals surface area contributed by atoms with Crippen LogP contribution < -0.4 is 5.73 Å². The minimum Gasteiger partial charge on any atom is -0.384 e. The minimum absolute atomic E-state index is 0.534. The maximum atomic E-state index is 5.77. The molecule has 0 aliphatic heterocycles. The molecule has 0 unspecified atom stereocenters. The Kier molecular flexibility index (Phi) is 4.96. The summed E-state index contributed by atoms with van der Waals surface area (Å²) in [6.07, 6.45) is 5.49. The quantitative estimate of drug-likeness (QED) is 0.887. The SMILES string of the molecule is CC(C)N(CCn1cncc1-c1ccnc(N)c1)C(C)C. The molecule has 2 N–H and O–H groups in total. The van der Waals surface area contributed by atoms with Crippen molar-refractivity contribution in [2.75, 3.05) is 12.3 Å². The molecule has 0 radical (unpaired) electrons. The number of nitrogens with zero attached hydrogens (tertiary/aromatic N) is 4. The standard InChI is InChI=1S/C16H25N5/c1-12(2)21(13(3)4)8-7-20-11-18-10-15(20)14-5-6-19-16(17)9-14/h5-6,9-13H,7-8H2,1-4H3,(H2,17,19). The Morgan fingerprint density at radius 2 is 1.95 bits per heavy atom. The molecule has 0 atom stereocenters. The summed E-state index contributed by atoms with van der Waals surface area (Å²) < 4.78 is 2.17. The second-order valence-corrected chi connectivity index (χ2v) is 5.87. The summed E-state index contributed by atoms with van der Waals surface area (Å²) in [5.74, 6) is 0.534. The predicted molar refractivity (Wildman–Crippen MR) is 86.8 cm³/mol. The number of rotatable bonds is 6. The second kappa shape index (κ2) is 6.72. The first-order chi connectivity index (χ1) is 9.99. The molecular formula is C16H25N5. The minimum atomic E-state index is 0.534. The highest BCUT2D eigenvalue weighted by atomic mass is 15.2. The maximum absolute atomic E-state index is 5.77. The van der Waals surface area contributed by atoms with Crippen LogP contribution in [0.25, 0.3) is 11.3 Å². The number of aromatic nitrogens is 3. The summed E-state index contributed by atoms with van der Waals surface area (Å²) in [6, 6.07) is 4.92. The van der Waals surface area contributed by atoms with E-state index in [2.05, 4.69) is 47.1 Å². The van der Waals surface area contributed by atoms with Gasteiger partial charge in [0.1, 0.15) is 5.82 Å². The van der Waals surface area contributed by atoms with E-state index in [1.165, 1.54) is 0 Å². The van der Waals surface area contributed by atoms with Crippen LogP contribution in [0.3, 0.4) is 0 Å². The summed E-state index contributed by atoms with van der Waals surface area (Å²) in [7, 11) is 0. The molecule has 0 saturated carbocycles. The fraction of sp³-hybridized carbons (Fsp3) is 0.500. The molecule has 21 heavy (non-hydrogen) atoms. The number of hydrogen-bond acceptors (Lipinski definition) is 4. The summed E-state index contributed by atoms with van der Waals surface area (Å²) in [4.78, 5) is 10.8. The number of nitrogens with two attached hydrogens (primary N) is 1.